The average molecular weight is 352 g/mol. The molecule has 1 fully saturated rings. The van der Waals surface area contributed by atoms with Crippen LogP contribution in [0.2, 0.25) is 0 Å². The predicted molar refractivity (Wildman–Crippen MR) is 102 cm³/mol. The average Bonchev–Trinajstić information content (AvgIpc) is 3.25. The molecular weight excluding hydrogens is 326 g/mol. The molecule has 1 aromatic carbocycles. The number of hydrogen-bond acceptors (Lipinski definition) is 3. The molecule has 0 bridgehead atoms. The lowest BCUT2D eigenvalue weighted by molar-refractivity contribution is 0.649. The van der Waals surface area contributed by atoms with Crippen molar-refractivity contribution in [3.63, 3.8) is 0 Å². The highest BCUT2D eigenvalue weighted by molar-refractivity contribution is 8.30. The summed E-state index contributed by atoms with van der Waals surface area (Å²) in [7, 11) is -1.56. The van der Waals surface area contributed by atoms with Crippen LogP contribution in [-0.4, -0.2) is 32.7 Å². The number of benzene rings is 1. The first-order valence-electron chi connectivity index (χ1n) is 8.04. The molecule has 1 saturated carbocycles. The van der Waals surface area contributed by atoms with Crippen molar-refractivity contribution in [1.82, 2.24) is 10.0 Å². The summed E-state index contributed by atoms with van der Waals surface area (Å²) >= 11 is 5.42. The van der Waals surface area contributed by atoms with Crippen molar-refractivity contribution in [1.29, 1.82) is 0 Å². The molecule has 1 aromatic rings. The number of amidine groups is 1. The fourth-order valence-corrected chi connectivity index (χ4v) is 7.11. The van der Waals surface area contributed by atoms with Crippen LogP contribution < -0.4 is 10.0 Å². The predicted octanol–water partition coefficient (Wildman–Crippen LogP) is 2.62. The SMILES string of the molecule is CNS(=O)(Cc1ccccc1)(CC1CC1)C1=NC(C)(C)C(=S)N1. The molecule has 0 amide bonds. The van der Waals surface area contributed by atoms with Crippen LogP contribution in [0.4, 0.5) is 0 Å². The maximum absolute atomic E-state index is 14.4. The largest absolute Gasteiger partial charge is 0.326 e. The van der Waals surface area contributed by atoms with Crippen LogP contribution in [0.15, 0.2) is 35.3 Å². The Balaban J connectivity index is 2.06. The van der Waals surface area contributed by atoms with Gasteiger partial charge < -0.3 is 5.32 Å². The molecule has 0 atom stereocenters. The maximum Gasteiger partial charge on any atom is 0.184 e. The van der Waals surface area contributed by atoms with Crippen LogP contribution in [0.25, 0.3) is 0 Å². The zero-order chi connectivity index (χ0) is 16.7. The fraction of sp³-hybridized carbons (Fsp3) is 0.529. The van der Waals surface area contributed by atoms with E-state index in [9.17, 15) is 4.21 Å². The standard InChI is InChI=1S/C17H25N3OS2/c1-17(2)15(22)19-16(20-17)23(21,18-3,12-14-9-10-14)11-13-7-5-4-6-8-13/h4-8,14H,9-12H2,1-3H3,(H,18,21)(H,19,20,22). The number of nitrogens with zero attached hydrogens (tertiary/aromatic N) is 1. The summed E-state index contributed by atoms with van der Waals surface area (Å²) in [5, 5.41) is 3.74. The fourth-order valence-electron chi connectivity index (χ4n) is 2.98. The zero-order valence-electron chi connectivity index (χ0n) is 14.0. The van der Waals surface area contributed by atoms with Gasteiger partial charge in [0.1, 0.15) is 10.5 Å². The van der Waals surface area contributed by atoms with Crippen molar-refractivity contribution >= 4 is 31.6 Å². The molecule has 23 heavy (non-hydrogen) atoms. The van der Waals surface area contributed by atoms with Crippen LogP contribution >= 0.6 is 12.2 Å². The molecule has 0 radical (unpaired) electrons. The molecule has 1 aliphatic carbocycles. The van der Waals surface area contributed by atoms with E-state index in [0.717, 1.165) is 18.4 Å². The van der Waals surface area contributed by atoms with Gasteiger partial charge >= 0.3 is 0 Å². The third-order valence-corrected chi connectivity index (χ3v) is 9.44. The molecule has 0 saturated heterocycles. The van der Waals surface area contributed by atoms with E-state index in [2.05, 4.69) is 10.0 Å². The minimum atomic E-state index is -3.35. The van der Waals surface area contributed by atoms with Gasteiger partial charge in [-0.1, -0.05) is 42.5 Å². The van der Waals surface area contributed by atoms with E-state index in [4.69, 9.17) is 17.2 Å². The Bertz CT molecular complexity index is 723. The monoisotopic (exact) mass is 351 g/mol. The maximum atomic E-state index is 14.4. The van der Waals surface area contributed by atoms with Crippen molar-refractivity contribution in [3.8, 4) is 0 Å². The third kappa shape index (κ3) is 3.12. The highest BCUT2D eigenvalue weighted by atomic mass is 32.3. The molecule has 2 N–H and O–H groups in total. The molecule has 0 spiro atoms. The molecule has 0 unspecified atom stereocenters. The second kappa shape index (κ2) is 5.46. The Morgan fingerprint density at radius 2 is 2.00 bits per heavy atom. The van der Waals surface area contributed by atoms with Crippen LogP contribution in [0.1, 0.15) is 32.3 Å². The molecule has 1 heterocycles. The van der Waals surface area contributed by atoms with Gasteiger partial charge in [-0.05, 0) is 45.2 Å². The quantitative estimate of drug-likeness (QED) is 0.802. The third-order valence-electron chi connectivity index (χ3n) is 4.68. The summed E-state index contributed by atoms with van der Waals surface area (Å²) in [6.07, 6.45) is 2.29. The Morgan fingerprint density at radius 1 is 1.35 bits per heavy atom. The lowest BCUT2D eigenvalue weighted by Gasteiger charge is -2.42. The van der Waals surface area contributed by atoms with E-state index in [-0.39, 0.29) is 0 Å². The number of thiocarbonyl (C=S) groups is 1. The topological polar surface area (TPSA) is 53.5 Å². The lowest BCUT2D eigenvalue weighted by Crippen LogP contribution is -2.60. The van der Waals surface area contributed by atoms with Crippen molar-refractivity contribution < 1.29 is 4.21 Å². The minimum absolute atomic E-state index is 0.454. The number of rotatable bonds is 5. The van der Waals surface area contributed by atoms with Crippen LogP contribution in [-0.2, 0) is 15.0 Å². The number of nitrogens with one attached hydrogen (secondary N) is 2. The Hall–Kier alpha value is -1.11. The normalized spacial score (nSPS) is 22.1. The van der Waals surface area contributed by atoms with Crippen LogP contribution in [0.5, 0.6) is 0 Å². The van der Waals surface area contributed by atoms with E-state index in [1.165, 1.54) is 0 Å². The lowest BCUT2D eigenvalue weighted by atomic mass is 10.1. The highest BCUT2D eigenvalue weighted by Gasteiger charge is 2.49. The summed E-state index contributed by atoms with van der Waals surface area (Å²) in [6.45, 7) is 3.92. The second-order valence-electron chi connectivity index (χ2n) is 7.16. The van der Waals surface area contributed by atoms with Gasteiger partial charge in [-0.25, -0.2) is 4.99 Å². The first-order valence-corrected chi connectivity index (χ1v) is 10.8. The zero-order valence-corrected chi connectivity index (χ0v) is 15.6. The highest BCUT2D eigenvalue weighted by Crippen LogP contribution is 2.41. The summed E-state index contributed by atoms with van der Waals surface area (Å²) < 4.78 is 17.7. The van der Waals surface area contributed by atoms with Crippen molar-refractivity contribution in [2.75, 3.05) is 12.8 Å². The van der Waals surface area contributed by atoms with Gasteiger partial charge in [-0.2, -0.15) is 0 Å². The Kier molecular flexibility index (Phi) is 3.98. The van der Waals surface area contributed by atoms with Crippen molar-refractivity contribution in [2.24, 2.45) is 10.9 Å². The van der Waals surface area contributed by atoms with Crippen molar-refractivity contribution in [3.05, 3.63) is 35.9 Å². The minimum Gasteiger partial charge on any atom is -0.326 e. The van der Waals surface area contributed by atoms with E-state index >= 15 is 0 Å². The molecule has 1 aliphatic heterocycles. The molecule has 2 aliphatic rings. The summed E-state index contributed by atoms with van der Waals surface area (Å²) in [5.41, 5.74) is 0.559. The summed E-state index contributed by atoms with van der Waals surface area (Å²) in [4.78, 5) is 5.37. The van der Waals surface area contributed by atoms with Gasteiger partial charge in [0, 0.05) is 20.8 Å². The summed E-state index contributed by atoms with van der Waals surface area (Å²) in [6, 6.07) is 9.99. The van der Waals surface area contributed by atoms with Crippen LogP contribution in [0.3, 0.4) is 0 Å². The van der Waals surface area contributed by atoms with Crippen LogP contribution in [0, 0.1) is 5.92 Å². The van der Waals surface area contributed by atoms with E-state index in [1.807, 2.05) is 44.2 Å². The first-order chi connectivity index (χ1) is 10.8. The number of hydrogen-bond donors (Lipinski definition) is 2. The molecule has 3 rings (SSSR count). The molecule has 126 valence electrons. The van der Waals surface area contributed by atoms with Gasteiger partial charge in [0.2, 0.25) is 0 Å². The van der Waals surface area contributed by atoms with Gasteiger partial charge in [-0.15, -0.1) is 0 Å². The van der Waals surface area contributed by atoms with Gasteiger partial charge in [0.15, 0.2) is 5.17 Å². The van der Waals surface area contributed by atoms with Gasteiger partial charge in [0.25, 0.3) is 0 Å². The smallest absolute Gasteiger partial charge is 0.184 e. The first kappa shape index (κ1) is 16.7. The van der Waals surface area contributed by atoms with Crippen molar-refractivity contribution in [2.45, 2.75) is 38.0 Å². The molecular formula is C17H25N3OS2. The molecule has 4 nitrogen and oxygen atoms in total. The molecule has 6 heteroatoms. The van der Waals surface area contributed by atoms with E-state index in [1.54, 1.807) is 7.05 Å². The number of aliphatic imine (C=N–C) groups is 1. The second-order valence-corrected chi connectivity index (χ2v) is 11.6. The molecule has 0 aromatic heterocycles. The van der Waals surface area contributed by atoms with Gasteiger partial charge in [0.05, 0.1) is 0 Å². The van der Waals surface area contributed by atoms with Gasteiger partial charge in [-0.3, -0.25) is 8.93 Å². The van der Waals surface area contributed by atoms with E-state index in [0.29, 0.717) is 27.6 Å². The Morgan fingerprint density at radius 3 is 2.48 bits per heavy atom. The Labute approximate surface area is 143 Å². The summed E-state index contributed by atoms with van der Waals surface area (Å²) in [5.74, 6) is 1.59. The van der Waals surface area contributed by atoms with E-state index < -0.39 is 14.8 Å².